The van der Waals surface area contributed by atoms with Crippen molar-refractivity contribution in [2.75, 3.05) is 5.73 Å². The fraction of sp³-hybridized carbons (Fsp3) is 0.267. The van der Waals surface area contributed by atoms with Crippen molar-refractivity contribution in [1.29, 1.82) is 0 Å². The van der Waals surface area contributed by atoms with Crippen LogP contribution in [0, 0.1) is 5.82 Å². The lowest BCUT2D eigenvalue weighted by Crippen LogP contribution is -2.25. The van der Waals surface area contributed by atoms with E-state index >= 15 is 0 Å². The molecule has 0 saturated carbocycles. The van der Waals surface area contributed by atoms with Crippen LogP contribution in [0.5, 0.6) is 0 Å². The molecule has 0 spiro atoms. The van der Waals surface area contributed by atoms with Crippen molar-refractivity contribution in [2.24, 2.45) is 0 Å². The first-order valence-corrected chi connectivity index (χ1v) is 6.62. The lowest BCUT2D eigenvalue weighted by atomic mass is 10.2. The van der Waals surface area contributed by atoms with E-state index in [0.29, 0.717) is 11.4 Å². The zero-order chi connectivity index (χ0) is 15.4. The van der Waals surface area contributed by atoms with Gasteiger partial charge in [-0.2, -0.15) is 0 Å². The van der Waals surface area contributed by atoms with Gasteiger partial charge in [0.2, 0.25) is 0 Å². The fourth-order valence-electron chi connectivity index (χ4n) is 1.78. The summed E-state index contributed by atoms with van der Waals surface area (Å²) in [7, 11) is 0. The smallest absolute Gasteiger partial charge is 0.272 e. The number of rotatable bonds is 4. The highest BCUT2D eigenvalue weighted by Crippen LogP contribution is 2.13. The quantitative estimate of drug-likeness (QED) is 0.904. The maximum atomic E-state index is 13.1. The molecule has 21 heavy (non-hydrogen) atoms. The molecule has 1 aromatic heterocycles. The number of hydrogen-bond acceptors (Lipinski definition) is 4. The monoisotopic (exact) mass is 288 g/mol. The Morgan fingerprint density at radius 1 is 1.43 bits per heavy atom. The van der Waals surface area contributed by atoms with Gasteiger partial charge in [0, 0.05) is 12.5 Å². The summed E-state index contributed by atoms with van der Waals surface area (Å²) in [6.07, 6.45) is 1.43. The number of nitrogens with zero attached hydrogens (tertiary/aromatic N) is 2. The van der Waals surface area contributed by atoms with Gasteiger partial charge in [-0.3, -0.25) is 4.79 Å². The molecule has 5 nitrogen and oxygen atoms in total. The number of nitrogens with two attached hydrogens (primary N) is 1. The summed E-state index contributed by atoms with van der Waals surface area (Å²) < 4.78 is 13.1. The zero-order valence-corrected chi connectivity index (χ0v) is 11.9. The molecule has 1 aromatic carbocycles. The molecule has 2 aromatic rings. The Hall–Kier alpha value is -2.50. The van der Waals surface area contributed by atoms with Crippen LogP contribution < -0.4 is 11.1 Å². The van der Waals surface area contributed by atoms with Crippen LogP contribution in [0.3, 0.4) is 0 Å². The molecule has 1 amide bonds. The van der Waals surface area contributed by atoms with Gasteiger partial charge in [0.15, 0.2) is 5.69 Å². The van der Waals surface area contributed by atoms with Crippen molar-refractivity contribution in [1.82, 2.24) is 15.3 Å². The molecule has 110 valence electrons. The van der Waals surface area contributed by atoms with Crippen LogP contribution >= 0.6 is 0 Å². The topological polar surface area (TPSA) is 80.9 Å². The normalized spacial score (nSPS) is 10.7. The minimum absolute atomic E-state index is 0.0976. The van der Waals surface area contributed by atoms with Crippen LogP contribution in [0.15, 0.2) is 30.5 Å². The maximum absolute atomic E-state index is 13.1. The average Bonchev–Trinajstić information content (AvgIpc) is 2.45. The first-order chi connectivity index (χ1) is 9.97. The number of carbonyl (C=O) groups is 1. The second-order valence-corrected chi connectivity index (χ2v) is 5.00. The van der Waals surface area contributed by atoms with Crippen molar-refractivity contribution in [2.45, 2.75) is 26.3 Å². The zero-order valence-electron chi connectivity index (χ0n) is 11.9. The minimum atomic E-state index is -0.402. The Labute approximate surface area is 122 Å². The third-order valence-electron chi connectivity index (χ3n) is 2.91. The van der Waals surface area contributed by atoms with Gasteiger partial charge in [-0.1, -0.05) is 26.0 Å². The maximum Gasteiger partial charge on any atom is 0.272 e. The van der Waals surface area contributed by atoms with Crippen molar-refractivity contribution >= 4 is 11.6 Å². The first-order valence-electron chi connectivity index (χ1n) is 6.62. The molecule has 0 aliphatic carbocycles. The van der Waals surface area contributed by atoms with E-state index in [9.17, 15) is 9.18 Å². The number of benzene rings is 1. The minimum Gasteiger partial charge on any atom is -0.396 e. The number of aromatic nitrogens is 2. The number of hydrogen-bond donors (Lipinski definition) is 2. The first kappa shape index (κ1) is 14.9. The van der Waals surface area contributed by atoms with Gasteiger partial charge in [0.1, 0.15) is 11.6 Å². The number of halogens is 1. The van der Waals surface area contributed by atoms with Crippen molar-refractivity contribution in [3.05, 3.63) is 53.4 Å². The van der Waals surface area contributed by atoms with E-state index in [1.165, 1.54) is 18.3 Å². The van der Waals surface area contributed by atoms with E-state index in [4.69, 9.17) is 5.73 Å². The molecule has 3 N–H and O–H groups in total. The van der Waals surface area contributed by atoms with Gasteiger partial charge >= 0.3 is 0 Å². The molecule has 0 saturated heterocycles. The molecule has 0 unspecified atom stereocenters. The second kappa shape index (κ2) is 6.30. The predicted octanol–water partition coefficient (Wildman–Crippen LogP) is 2.25. The average molecular weight is 288 g/mol. The second-order valence-electron chi connectivity index (χ2n) is 5.00. The summed E-state index contributed by atoms with van der Waals surface area (Å²) in [6, 6.07) is 6.03. The highest BCUT2D eigenvalue weighted by molar-refractivity contribution is 5.96. The number of amides is 1. The predicted molar refractivity (Wildman–Crippen MR) is 78.1 cm³/mol. The Bertz CT molecular complexity index is 658. The summed E-state index contributed by atoms with van der Waals surface area (Å²) in [6.45, 7) is 4.07. The lowest BCUT2D eigenvalue weighted by molar-refractivity contribution is 0.0946. The van der Waals surface area contributed by atoms with Gasteiger partial charge in [0.05, 0.1) is 11.9 Å². The Morgan fingerprint density at radius 3 is 2.86 bits per heavy atom. The van der Waals surface area contributed by atoms with Crippen molar-refractivity contribution in [3.63, 3.8) is 0 Å². The number of nitrogen functional groups attached to an aromatic ring is 1. The van der Waals surface area contributed by atoms with E-state index in [0.717, 1.165) is 0 Å². The standard InChI is InChI=1S/C15H17FN4O/c1-9(2)14-18-8-12(17)13(20-14)15(21)19-7-10-4-3-5-11(16)6-10/h3-6,8-9H,7,17H2,1-2H3,(H,19,21). The van der Waals surface area contributed by atoms with E-state index < -0.39 is 5.91 Å². The molecule has 1 heterocycles. The van der Waals surface area contributed by atoms with E-state index in [1.54, 1.807) is 12.1 Å². The van der Waals surface area contributed by atoms with Gasteiger partial charge in [-0.25, -0.2) is 14.4 Å². The number of carbonyl (C=O) groups excluding carboxylic acids is 1. The van der Waals surface area contributed by atoms with E-state index in [2.05, 4.69) is 15.3 Å². The summed E-state index contributed by atoms with van der Waals surface area (Å²) in [5, 5.41) is 2.67. The molecule has 0 aliphatic heterocycles. The van der Waals surface area contributed by atoms with Crippen LogP contribution in [-0.4, -0.2) is 15.9 Å². The van der Waals surface area contributed by atoms with Crippen LogP contribution in [-0.2, 0) is 6.54 Å². The Morgan fingerprint density at radius 2 is 2.19 bits per heavy atom. The van der Waals surface area contributed by atoms with E-state index in [-0.39, 0.29) is 29.7 Å². The molecule has 0 radical (unpaired) electrons. The van der Waals surface area contributed by atoms with Crippen LogP contribution in [0.2, 0.25) is 0 Å². The van der Waals surface area contributed by atoms with Gasteiger partial charge in [0.25, 0.3) is 5.91 Å². The van der Waals surface area contributed by atoms with Crippen molar-refractivity contribution in [3.8, 4) is 0 Å². The fourth-order valence-corrected chi connectivity index (χ4v) is 1.78. The van der Waals surface area contributed by atoms with Crippen molar-refractivity contribution < 1.29 is 9.18 Å². The summed E-state index contributed by atoms with van der Waals surface area (Å²) in [5.74, 6) is -0.0908. The summed E-state index contributed by atoms with van der Waals surface area (Å²) in [4.78, 5) is 20.4. The molecule has 0 aliphatic rings. The van der Waals surface area contributed by atoms with Gasteiger partial charge in [-0.05, 0) is 17.7 Å². The summed E-state index contributed by atoms with van der Waals surface area (Å²) >= 11 is 0. The van der Waals surface area contributed by atoms with Crippen LogP contribution in [0.4, 0.5) is 10.1 Å². The highest BCUT2D eigenvalue weighted by Gasteiger charge is 2.14. The third-order valence-corrected chi connectivity index (χ3v) is 2.91. The van der Waals surface area contributed by atoms with Crippen LogP contribution in [0.1, 0.15) is 41.6 Å². The Kier molecular flexibility index (Phi) is 4.47. The van der Waals surface area contributed by atoms with Gasteiger partial charge in [-0.15, -0.1) is 0 Å². The van der Waals surface area contributed by atoms with E-state index in [1.807, 2.05) is 13.8 Å². The largest absolute Gasteiger partial charge is 0.396 e. The molecule has 2 rings (SSSR count). The molecule has 0 atom stereocenters. The highest BCUT2D eigenvalue weighted by atomic mass is 19.1. The number of nitrogens with one attached hydrogen (secondary N) is 1. The molecular weight excluding hydrogens is 271 g/mol. The lowest BCUT2D eigenvalue weighted by Gasteiger charge is -2.09. The third kappa shape index (κ3) is 3.75. The van der Waals surface area contributed by atoms with Gasteiger partial charge < -0.3 is 11.1 Å². The summed E-state index contributed by atoms with van der Waals surface area (Å²) in [5.41, 5.74) is 6.77. The molecule has 0 fully saturated rings. The SMILES string of the molecule is CC(C)c1ncc(N)c(C(=O)NCc2cccc(F)c2)n1. The van der Waals surface area contributed by atoms with Crippen LogP contribution in [0.25, 0.3) is 0 Å². The molecular formula is C15H17FN4O. The Balaban J connectivity index is 2.11. The number of anilines is 1. The molecule has 6 heteroatoms. The molecule has 0 bridgehead atoms.